The zero-order valence-corrected chi connectivity index (χ0v) is 16.2. The molecule has 2 aromatic carbocycles. The second kappa shape index (κ2) is 9.51. The average molecular weight is 381 g/mol. The number of hydrogen-bond donors (Lipinski definition) is 2. The first-order valence-electron chi connectivity index (χ1n) is 9.80. The molecule has 3 rings (SSSR count). The Labute approximate surface area is 165 Å². The van der Waals surface area contributed by atoms with E-state index in [-0.39, 0.29) is 29.9 Å². The molecule has 0 aliphatic carbocycles. The van der Waals surface area contributed by atoms with Crippen molar-refractivity contribution in [1.29, 1.82) is 0 Å². The van der Waals surface area contributed by atoms with Crippen LogP contribution in [0, 0.1) is 12.8 Å². The first-order chi connectivity index (χ1) is 13.5. The Kier molecular flexibility index (Phi) is 6.82. The number of carboxylic acids is 1. The Balaban J connectivity index is 1.54. The van der Waals surface area contributed by atoms with Crippen molar-refractivity contribution >= 4 is 11.9 Å². The lowest BCUT2D eigenvalue weighted by Crippen LogP contribution is -2.35. The monoisotopic (exact) mass is 381 g/mol. The Bertz CT molecular complexity index is 816. The maximum Gasteiger partial charge on any atom is 0.335 e. The third-order valence-corrected chi connectivity index (χ3v) is 5.28. The predicted molar refractivity (Wildman–Crippen MR) is 107 cm³/mol. The fourth-order valence-corrected chi connectivity index (χ4v) is 3.71. The number of aromatic carboxylic acids is 1. The molecule has 1 saturated heterocycles. The number of hydrogen-bond acceptors (Lipinski definition) is 3. The summed E-state index contributed by atoms with van der Waals surface area (Å²) in [5.41, 5.74) is 3.31. The van der Waals surface area contributed by atoms with Gasteiger partial charge in [-0.2, -0.15) is 0 Å². The van der Waals surface area contributed by atoms with E-state index in [4.69, 9.17) is 4.74 Å². The molecular weight excluding hydrogens is 354 g/mol. The van der Waals surface area contributed by atoms with Gasteiger partial charge in [-0.1, -0.05) is 48.0 Å². The lowest BCUT2D eigenvalue weighted by molar-refractivity contribution is -0.121. The van der Waals surface area contributed by atoms with Crippen molar-refractivity contribution in [2.24, 2.45) is 5.92 Å². The molecule has 1 fully saturated rings. The highest BCUT2D eigenvalue weighted by molar-refractivity contribution is 5.89. The lowest BCUT2D eigenvalue weighted by atomic mass is 9.89. The molecule has 148 valence electrons. The molecule has 0 saturated carbocycles. The standard InChI is InChI=1S/C23H27NO4/c1-16-8-10-18(11-9-16)22-19(6-4-14-28-22)15-24-21(25)13-12-17-5-2-3-7-20(17)23(26)27/h2-3,5,7-11,19,22H,4,6,12-15H2,1H3,(H,24,25)(H,26,27). The van der Waals surface area contributed by atoms with Crippen LogP contribution in [0.25, 0.3) is 0 Å². The molecule has 2 aromatic rings. The molecule has 2 N–H and O–H groups in total. The highest BCUT2D eigenvalue weighted by Gasteiger charge is 2.27. The van der Waals surface area contributed by atoms with E-state index < -0.39 is 5.97 Å². The zero-order valence-electron chi connectivity index (χ0n) is 16.2. The molecule has 1 heterocycles. The SMILES string of the molecule is Cc1ccc(C2OCCCC2CNC(=O)CCc2ccccc2C(=O)O)cc1. The largest absolute Gasteiger partial charge is 0.478 e. The van der Waals surface area contributed by atoms with Crippen molar-refractivity contribution in [1.82, 2.24) is 5.32 Å². The van der Waals surface area contributed by atoms with Crippen LogP contribution in [0.3, 0.4) is 0 Å². The number of carbonyl (C=O) groups excluding carboxylic acids is 1. The van der Waals surface area contributed by atoms with E-state index in [0.29, 0.717) is 18.5 Å². The molecule has 0 spiro atoms. The van der Waals surface area contributed by atoms with Gasteiger partial charge in [-0.25, -0.2) is 4.79 Å². The maximum atomic E-state index is 12.3. The van der Waals surface area contributed by atoms with Gasteiger partial charge in [0.1, 0.15) is 0 Å². The summed E-state index contributed by atoms with van der Waals surface area (Å²) < 4.78 is 6.00. The van der Waals surface area contributed by atoms with Gasteiger partial charge in [0.15, 0.2) is 0 Å². The molecular formula is C23H27NO4. The van der Waals surface area contributed by atoms with E-state index in [1.54, 1.807) is 24.3 Å². The number of amides is 1. The summed E-state index contributed by atoms with van der Waals surface area (Å²) in [5.74, 6) is -0.781. The molecule has 5 nitrogen and oxygen atoms in total. The van der Waals surface area contributed by atoms with Gasteiger partial charge in [-0.15, -0.1) is 0 Å². The van der Waals surface area contributed by atoms with Gasteiger partial charge in [0, 0.05) is 25.5 Å². The van der Waals surface area contributed by atoms with Crippen LogP contribution < -0.4 is 5.32 Å². The van der Waals surface area contributed by atoms with Gasteiger partial charge in [0.2, 0.25) is 5.91 Å². The number of rotatable bonds is 7. The minimum atomic E-state index is -0.962. The minimum Gasteiger partial charge on any atom is -0.478 e. The van der Waals surface area contributed by atoms with Gasteiger partial charge in [-0.05, 0) is 43.4 Å². The molecule has 1 aliphatic rings. The van der Waals surface area contributed by atoms with Crippen molar-refractivity contribution < 1.29 is 19.4 Å². The van der Waals surface area contributed by atoms with Crippen LogP contribution in [-0.4, -0.2) is 30.1 Å². The molecule has 1 amide bonds. The quantitative estimate of drug-likeness (QED) is 0.762. The van der Waals surface area contributed by atoms with E-state index >= 15 is 0 Å². The first-order valence-corrected chi connectivity index (χ1v) is 9.80. The highest BCUT2D eigenvalue weighted by Crippen LogP contribution is 2.33. The lowest BCUT2D eigenvalue weighted by Gasteiger charge is -2.32. The summed E-state index contributed by atoms with van der Waals surface area (Å²) in [7, 11) is 0. The van der Waals surface area contributed by atoms with Crippen LogP contribution in [0.5, 0.6) is 0 Å². The topological polar surface area (TPSA) is 75.6 Å². The number of benzene rings is 2. The summed E-state index contributed by atoms with van der Waals surface area (Å²) in [4.78, 5) is 23.6. The second-order valence-corrected chi connectivity index (χ2v) is 7.37. The van der Waals surface area contributed by atoms with Crippen LogP contribution in [0.15, 0.2) is 48.5 Å². The molecule has 0 radical (unpaired) electrons. The summed E-state index contributed by atoms with van der Waals surface area (Å²) in [5, 5.41) is 12.3. The van der Waals surface area contributed by atoms with Crippen molar-refractivity contribution in [3.8, 4) is 0 Å². The Hall–Kier alpha value is -2.66. The first kappa shape index (κ1) is 20.1. The number of carbonyl (C=O) groups is 2. The van der Waals surface area contributed by atoms with E-state index in [1.165, 1.54) is 5.56 Å². The van der Waals surface area contributed by atoms with Crippen LogP contribution in [-0.2, 0) is 16.0 Å². The van der Waals surface area contributed by atoms with Crippen molar-refractivity contribution in [2.75, 3.05) is 13.2 Å². The molecule has 0 bridgehead atoms. The Morgan fingerprint density at radius 1 is 1.14 bits per heavy atom. The van der Waals surface area contributed by atoms with E-state index in [1.807, 2.05) is 0 Å². The maximum absolute atomic E-state index is 12.3. The molecule has 2 atom stereocenters. The average Bonchev–Trinajstić information content (AvgIpc) is 2.71. The molecule has 0 aromatic heterocycles. The fraction of sp³-hybridized carbons (Fsp3) is 0.391. The van der Waals surface area contributed by atoms with E-state index in [2.05, 4.69) is 36.5 Å². The van der Waals surface area contributed by atoms with Gasteiger partial charge < -0.3 is 15.2 Å². The van der Waals surface area contributed by atoms with Crippen LogP contribution >= 0.6 is 0 Å². The molecule has 1 aliphatic heterocycles. The third kappa shape index (κ3) is 5.20. The molecule has 28 heavy (non-hydrogen) atoms. The number of aryl methyl sites for hydroxylation is 2. The fourth-order valence-electron chi connectivity index (χ4n) is 3.71. The second-order valence-electron chi connectivity index (χ2n) is 7.37. The summed E-state index contributed by atoms with van der Waals surface area (Å²) in [6, 6.07) is 15.2. The van der Waals surface area contributed by atoms with Gasteiger partial charge >= 0.3 is 5.97 Å². The van der Waals surface area contributed by atoms with Gasteiger partial charge in [-0.3, -0.25) is 4.79 Å². The van der Waals surface area contributed by atoms with Crippen LogP contribution in [0.2, 0.25) is 0 Å². The van der Waals surface area contributed by atoms with Crippen molar-refractivity contribution in [3.63, 3.8) is 0 Å². The number of ether oxygens (including phenoxy) is 1. The normalized spacial score (nSPS) is 19.2. The van der Waals surface area contributed by atoms with Gasteiger partial charge in [0.05, 0.1) is 11.7 Å². The number of nitrogens with one attached hydrogen (secondary N) is 1. The van der Waals surface area contributed by atoms with E-state index in [0.717, 1.165) is 25.0 Å². The number of carboxylic acid groups (broad SMARTS) is 1. The van der Waals surface area contributed by atoms with Gasteiger partial charge in [0.25, 0.3) is 0 Å². The summed E-state index contributed by atoms with van der Waals surface area (Å²) in [6.45, 7) is 3.37. The Morgan fingerprint density at radius 2 is 1.89 bits per heavy atom. The van der Waals surface area contributed by atoms with Crippen LogP contribution in [0.4, 0.5) is 0 Å². The van der Waals surface area contributed by atoms with Crippen molar-refractivity contribution in [3.05, 3.63) is 70.8 Å². The van der Waals surface area contributed by atoms with Crippen LogP contribution in [0.1, 0.15) is 52.4 Å². The summed E-state index contributed by atoms with van der Waals surface area (Å²) >= 11 is 0. The molecule has 2 unspecified atom stereocenters. The predicted octanol–water partition coefficient (Wildman–Crippen LogP) is 3.91. The summed E-state index contributed by atoms with van der Waals surface area (Å²) in [6.07, 6.45) is 2.70. The third-order valence-electron chi connectivity index (χ3n) is 5.28. The minimum absolute atomic E-state index is 0.00221. The highest BCUT2D eigenvalue weighted by atomic mass is 16.5. The van der Waals surface area contributed by atoms with E-state index in [9.17, 15) is 14.7 Å². The molecule has 5 heteroatoms. The van der Waals surface area contributed by atoms with Crippen molar-refractivity contribution in [2.45, 2.75) is 38.7 Å². The zero-order chi connectivity index (χ0) is 19.9. The Morgan fingerprint density at radius 3 is 2.64 bits per heavy atom. The smallest absolute Gasteiger partial charge is 0.335 e.